The Labute approximate surface area is 122 Å². The van der Waals surface area contributed by atoms with Gasteiger partial charge in [-0.3, -0.25) is 0 Å². The SMILES string of the molecule is CCNc1nc(C)cc(N(C)C2CCN(CC)CC2)n1. The quantitative estimate of drug-likeness (QED) is 0.893. The number of hydrogen-bond donors (Lipinski definition) is 1. The third kappa shape index (κ3) is 3.60. The van der Waals surface area contributed by atoms with Crippen LogP contribution in [-0.2, 0) is 0 Å². The van der Waals surface area contributed by atoms with Crippen molar-refractivity contribution in [2.45, 2.75) is 39.7 Å². The first-order valence-electron chi connectivity index (χ1n) is 7.68. The molecule has 20 heavy (non-hydrogen) atoms. The second-order valence-corrected chi connectivity index (χ2v) is 5.50. The van der Waals surface area contributed by atoms with Crippen molar-refractivity contribution < 1.29 is 0 Å². The van der Waals surface area contributed by atoms with E-state index in [2.05, 4.69) is 52.0 Å². The average Bonchev–Trinajstić information content (AvgIpc) is 2.46. The van der Waals surface area contributed by atoms with Gasteiger partial charge >= 0.3 is 0 Å². The highest BCUT2D eigenvalue weighted by molar-refractivity contribution is 5.45. The zero-order valence-corrected chi connectivity index (χ0v) is 13.2. The van der Waals surface area contributed by atoms with Crippen molar-refractivity contribution in [2.75, 3.05) is 43.4 Å². The zero-order chi connectivity index (χ0) is 14.5. The number of nitrogens with zero attached hydrogens (tertiary/aromatic N) is 4. The Kier molecular flexibility index (Phi) is 5.17. The molecule has 5 nitrogen and oxygen atoms in total. The number of piperidine rings is 1. The van der Waals surface area contributed by atoms with Crippen LogP contribution in [0.15, 0.2) is 6.07 Å². The van der Waals surface area contributed by atoms with Crippen LogP contribution in [0.5, 0.6) is 0 Å². The van der Waals surface area contributed by atoms with Gasteiger partial charge in [-0.05, 0) is 33.2 Å². The summed E-state index contributed by atoms with van der Waals surface area (Å²) >= 11 is 0. The monoisotopic (exact) mass is 277 g/mol. The number of hydrogen-bond acceptors (Lipinski definition) is 5. The van der Waals surface area contributed by atoms with Crippen LogP contribution in [0, 0.1) is 6.92 Å². The Morgan fingerprint density at radius 2 is 2.00 bits per heavy atom. The lowest BCUT2D eigenvalue weighted by Gasteiger charge is -2.37. The lowest BCUT2D eigenvalue weighted by Crippen LogP contribution is -2.43. The molecule has 0 aliphatic carbocycles. The Hall–Kier alpha value is -1.36. The summed E-state index contributed by atoms with van der Waals surface area (Å²) in [5, 5.41) is 3.21. The van der Waals surface area contributed by atoms with Crippen molar-refractivity contribution in [3.8, 4) is 0 Å². The third-order valence-electron chi connectivity index (χ3n) is 4.09. The van der Waals surface area contributed by atoms with E-state index in [9.17, 15) is 0 Å². The number of rotatable bonds is 5. The molecule has 1 N–H and O–H groups in total. The van der Waals surface area contributed by atoms with Crippen LogP contribution in [0.25, 0.3) is 0 Å². The average molecular weight is 277 g/mol. The maximum atomic E-state index is 4.63. The lowest BCUT2D eigenvalue weighted by atomic mass is 10.0. The van der Waals surface area contributed by atoms with E-state index in [0.717, 1.165) is 30.5 Å². The van der Waals surface area contributed by atoms with Crippen LogP contribution >= 0.6 is 0 Å². The van der Waals surface area contributed by atoms with Crippen molar-refractivity contribution in [1.82, 2.24) is 14.9 Å². The summed E-state index contributed by atoms with van der Waals surface area (Å²) < 4.78 is 0. The first kappa shape index (κ1) is 15.0. The maximum Gasteiger partial charge on any atom is 0.224 e. The molecule has 0 bridgehead atoms. The van der Waals surface area contributed by atoms with E-state index < -0.39 is 0 Å². The van der Waals surface area contributed by atoms with Gasteiger partial charge < -0.3 is 15.1 Å². The predicted octanol–water partition coefficient (Wildman–Crippen LogP) is 2.14. The first-order valence-corrected chi connectivity index (χ1v) is 7.68. The van der Waals surface area contributed by atoms with E-state index in [1.165, 1.54) is 25.9 Å². The molecule has 1 aliphatic heterocycles. The second-order valence-electron chi connectivity index (χ2n) is 5.50. The number of aromatic nitrogens is 2. The van der Waals surface area contributed by atoms with Gasteiger partial charge in [0.1, 0.15) is 5.82 Å². The van der Waals surface area contributed by atoms with Crippen molar-refractivity contribution in [1.29, 1.82) is 0 Å². The first-order chi connectivity index (χ1) is 9.63. The van der Waals surface area contributed by atoms with Gasteiger partial charge in [-0.2, -0.15) is 4.98 Å². The van der Waals surface area contributed by atoms with E-state index in [1.54, 1.807) is 0 Å². The summed E-state index contributed by atoms with van der Waals surface area (Å²) in [6.45, 7) is 10.7. The van der Waals surface area contributed by atoms with Gasteiger partial charge in [0, 0.05) is 44.5 Å². The second kappa shape index (κ2) is 6.88. The molecule has 0 atom stereocenters. The molecule has 1 fully saturated rings. The highest BCUT2D eigenvalue weighted by Gasteiger charge is 2.22. The molecule has 112 valence electrons. The predicted molar refractivity (Wildman–Crippen MR) is 84.5 cm³/mol. The van der Waals surface area contributed by atoms with E-state index in [1.807, 2.05) is 6.92 Å². The van der Waals surface area contributed by atoms with Crippen molar-refractivity contribution in [2.24, 2.45) is 0 Å². The summed E-state index contributed by atoms with van der Waals surface area (Å²) in [4.78, 5) is 13.9. The Morgan fingerprint density at radius 3 is 2.60 bits per heavy atom. The number of anilines is 2. The van der Waals surface area contributed by atoms with Gasteiger partial charge in [0.15, 0.2) is 0 Å². The Bertz CT molecular complexity index is 426. The summed E-state index contributed by atoms with van der Waals surface area (Å²) in [6.07, 6.45) is 2.42. The Balaban J connectivity index is 2.07. The van der Waals surface area contributed by atoms with Gasteiger partial charge in [-0.15, -0.1) is 0 Å². The Morgan fingerprint density at radius 1 is 1.30 bits per heavy atom. The van der Waals surface area contributed by atoms with Crippen LogP contribution in [0.3, 0.4) is 0 Å². The number of nitrogens with one attached hydrogen (secondary N) is 1. The lowest BCUT2D eigenvalue weighted by molar-refractivity contribution is 0.220. The van der Waals surface area contributed by atoms with Crippen LogP contribution in [0.4, 0.5) is 11.8 Å². The van der Waals surface area contributed by atoms with Gasteiger partial charge in [0.25, 0.3) is 0 Å². The minimum Gasteiger partial charge on any atom is -0.356 e. The largest absolute Gasteiger partial charge is 0.356 e. The van der Waals surface area contributed by atoms with Crippen LogP contribution in [0.2, 0.25) is 0 Å². The molecule has 2 heterocycles. The van der Waals surface area contributed by atoms with E-state index >= 15 is 0 Å². The molecule has 1 aliphatic rings. The smallest absolute Gasteiger partial charge is 0.224 e. The fourth-order valence-corrected chi connectivity index (χ4v) is 2.78. The molecule has 0 unspecified atom stereocenters. The van der Waals surface area contributed by atoms with Crippen molar-refractivity contribution in [3.63, 3.8) is 0 Å². The highest BCUT2D eigenvalue weighted by Crippen LogP contribution is 2.21. The topological polar surface area (TPSA) is 44.3 Å². The minimum absolute atomic E-state index is 0.585. The molecule has 0 amide bonds. The standard InChI is InChI=1S/C15H27N5/c1-5-16-15-17-12(3)11-14(18-15)19(4)13-7-9-20(6-2)10-8-13/h11,13H,5-10H2,1-4H3,(H,16,17,18). The fraction of sp³-hybridized carbons (Fsp3) is 0.733. The molecule has 2 rings (SSSR count). The van der Waals surface area contributed by atoms with Gasteiger partial charge in [0.2, 0.25) is 5.95 Å². The van der Waals surface area contributed by atoms with Crippen molar-refractivity contribution >= 4 is 11.8 Å². The van der Waals surface area contributed by atoms with E-state index in [4.69, 9.17) is 0 Å². The zero-order valence-electron chi connectivity index (χ0n) is 13.2. The van der Waals surface area contributed by atoms with Crippen LogP contribution in [0.1, 0.15) is 32.4 Å². The molecule has 0 saturated carbocycles. The van der Waals surface area contributed by atoms with Gasteiger partial charge in [-0.25, -0.2) is 4.98 Å². The van der Waals surface area contributed by atoms with Crippen molar-refractivity contribution in [3.05, 3.63) is 11.8 Å². The third-order valence-corrected chi connectivity index (χ3v) is 4.09. The van der Waals surface area contributed by atoms with Gasteiger partial charge in [0.05, 0.1) is 0 Å². The van der Waals surface area contributed by atoms with E-state index in [0.29, 0.717) is 6.04 Å². The molecular weight excluding hydrogens is 250 g/mol. The molecule has 1 saturated heterocycles. The van der Waals surface area contributed by atoms with E-state index in [-0.39, 0.29) is 0 Å². The number of aryl methyl sites for hydroxylation is 1. The molecule has 5 heteroatoms. The summed E-state index contributed by atoms with van der Waals surface area (Å²) in [5.74, 6) is 1.77. The molecule has 0 radical (unpaired) electrons. The summed E-state index contributed by atoms with van der Waals surface area (Å²) in [7, 11) is 2.16. The van der Waals surface area contributed by atoms with Crippen LogP contribution < -0.4 is 10.2 Å². The maximum absolute atomic E-state index is 4.63. The molecule has 0 spiro atoms. The minimum atomic E-state index is 0.585. The number of likely N-dealkylation sites (tertiary alicyclic amines) is 1. The molecular formula is C15H27N5. The summed E-state index contributed by atoms with van der Waals surface area (Å²) in [5.41, 5.74) is 1.02. The molecule has 1 aromatic heterocycles. The summed E-state index contributed by atoms with van der Waals surface area (Å²) in [6, 6.07) is 2.66. The van der Waals surface area contributed by atoms with Crippen LogP contribution in [-0.4, -0.2) is 54.1 Å². The molecule has 1 aromatic rings. The highest BCUT2D eigenvalue weighted by atomic mass is 15.2. The fourth-order valence-electron chi connectivity index (χ4n) is 2.78. The normalized spacial score (nSPS) is 17.2. The molecule has 0 aromatic carbocycles. The van der Waals surface area contributed by atoms with Gasteiger partial charge in [-0.1, -0.05) is 6.92 Å².